The summed E-state index contributed by atoms with van der Waals surface area (Å²) in [5.74, 6) is -0.0889. The quantitative estimate of drug-likeness (QED) is 0.834. The summed E-state index contributed by atoms with van der Waals surface area (Å²) in [4.78, 5) is 2.07. The second kappa shape index (κ2) is 8.33. The van der Waals surface area contributed by atoms with Gasteiger partial charge in [0.05, 0.1) is 5.02 Å². The molecule has 2 aliphatic rings. The van der Waals surface area contributed by atoms with Crippen LogP contribution in [0, 0.1) is 11.7 Å². The zero-order valence-corrected chi connectivity index (χ0v) is 16.0. The maximum atomic E-state index is 14.0. The number of sulfonamides is 1. The normalized spacial score (nSPS) is 21.5. The molecule has 0 aromatic heterocycles. The van der Waals surface area contributed by atoms with E-state index in [0.717, 1.165) is 38.4 Å². The highest BCUT2D eigenvalue weighted by Gasteiger charge is 2.28. The van der Waals surface area contributed by atoms with Crippen LogP contribution < -0.4 is 4.72 Å². The van der Waals surface area contributed by atoms with Crippen LogP contribution in [0.25, 0.3) is 0 Å². The lowest BCUT2D eigenvalue weighted by Crippen LogP contribution is -2.46. The number of nitrogens with zero attached hydrogens (tertiary/aromatic N) is 1. The van der Waals surface area contributed by atoms with Gasteiger partial charge in [0.1, 0.15) is 4.90 Å². The molecule has 1 aliphatic heterocycles. The van der Waals surface area contributed by atoms with Crippen LogP contribution in [0.15, 0.2) is 23.1 Å². The first-order valence-electron chi connectivity index (χ1n) is 9.14. The Morgan fingerprint density at radius 2 is 1.80 bits per heavy atom. The lowest BCUT2D eigenvalue weighted by Gasteiger charge is -2.35. The van der Waals surface area contributed by atoms with Crippen molar-refractivity contribution in [3.63, 3.8) is 0 Å². The summed E-state index contributed by atoms with van der Waals surface area (Å²) in [6, 6.07) is 3.90. The number of nitrogens with one attached hydrogen (secondary N) is 1. The molecule has 25 heavy (non-hydrogen) atoms. The first kappa shape index (κ1) is 19.1. The third kappa shape index (κ3) is 4.94. The summed E-state index contributed by atoms with van der Waals surface area (Å²) in [6.07, 6.45) is 8.20. The molecular weight excluding hydrogens is 363 g/mol. The lowest BCUT2D eigenvalue weighted by molar-refractivity contribution is 0.161. The summed E-state index contributed by atoms with van der Waals surface area (Å²) in [7, 11) is -3.89. The van der Waals surface area contributed by atoms with Gasteiger partial charge in [-0.25, -0.2) is 17.5 Å². The van der Waals surface area contributed by atoms with E-state index in [1.807, 2.05) is 0 Å². The minimum atomic E-state index is -3.89. The van der Waals surface area contributed by atoms with Gasteiger partial charge in [-0.15, -0.1) is 0 Å². The monoisotopic (exact) mass is 388 g/mol. The smallest absolute Gasteiger partial charge is 0.243 e. The van der Waals surface area contributed by atoms with Crippen LogP contribution in [0.2, 0.25) is 5.02 Å². The third-order valence-corrected chi connectivity index (χ3v) is 7.19. The average molecular weight is 389 g/mol. The maximum Gasteiger partial charge on any atom is 0.243 e. The molecule has 140 valence electrons. The molecular formula is C18H26ClFN2O2S. The molecule has 0 atom stereocenters. The van der Waals surface area contributed by atoms with Crippen molar-refractivity contribution >= 4 is 21.6 Å². The van der Waals surface area contributed by atoms with Crippen molar-refractivity contribution in [1.29, 1.82) is 0 Å². The molecule has 1 aromatic carbocycles. The van der Waals surface area contributed by atoms with Crippen molar-refractivity contribution < 1.29 is 12.8 Å². The summed E-state index contributed by atoms with van der Waals surface area (Å²) < 4.78 is 41.6. The van der Waals surface area contributed by atoms with Crippen molar-refractivity contribution in [1.82, 2.24) is 9.62 Å². The molecule has 7 heteroatoms. The van der Waals surface area contributed by atoms with E-state index in [4.69, 9.17) is 11.6 Å². The number of likely N-dealkylation sites (tertiary alicyclic amines) is 1. The zero-order chi connectivity index (χ0) is 17.9. The van der Waals surface area contributed by atoms with Crippen molar-refractivity contribution in [2.75, 3.05) is 19.6 Å². The zero-order valence-electron chi connectivity index (χ0n) is 14.4. The van der Waals surface area contributed by atoms with Gasteiger partial charge in [-0.2, -0.15) is 0 Å². The molecule has 1 aliphatic carbocycles. The Morgan fingerprint density at radius 1 is 1.12 bits per heavy atom. The predicted molar refractivity (Wildman–Crippen MR) is 97.8 cm³/mol. The number of benzene rings is 1. The van der Waals surface area contributed by atoms with Crippen molar-refractivity contribution in [3.8, 4) is 0 Å². The highest BCUT2D eigenvalue weighted by molar-refractivity contribution is 7.89. The van der Waals surface area contributed by atoms with Crippen LogP contribution in [0.1, 0.15) is 44.9 Å². The second-order valence-electron chi connectivity index (χ2n) is 7.25. The van der Waals surface area contributed by atoms with Gasteiger partial charge in [-0.3, -0.25) is 0 Å². The third-order valence-electron chi connectivity index (χ3n) is 5.36. The van der Waals surface area contributed by atoms with Crippen LogP contribution in [0.5, 0.6) is 0 Å². The molecule has 1 heterocycles. The molecule has 0 bridgehead atoms. The fraction of sp³-hybridized carbons (Fsp3) is 0.667. The molecule has 1 N–H and O–H groups in total. The Morgan fingerprint density at radius 3 is 2.48 bits per heavy atom. The highest BCUT2D eigenvalue weighted by Crippen LogP contribution is 2.26. The number of hydrogen-bond acceptors (Lipinski definition) is 3. The Hall–Kier alpha value is -0.690. The van der Waals surface area contributed by atoms with Crippen LogP contribution >= 0.6 is 11.6 Å². The van der Waals surface area contributed by atoms with E-state index in [-0.39, 0.29) is 16.0 Å². The largest absolute Gasteiger partial charge is 0.303 e. The van der Waals surface area contributed by atoms with Gasteiger partial charge < -0.3 is 4.90 Å². The van der Waals surface area contributed by atoms with Crippen LogP contribution in [0.3, 0.4) is 0 Å². The van der Waals surface area contributed by atoms with Crippen LogP contribution in [-0.4, -0.2) is 39.0 Å². The van der Waals surface area contributed by atoms with E-state index in [9.17, 15) is 12.8 Å². The van der Waals surface area contributed by atoms with Gasteiger partial charge in [0.2, 0.25) is 10.0 Å². The van der Waals surface area contributed by atoms with E-state index in [1.54, 1.807) is 0 Å². The van der Waals surface area contributed by atoms with Crippen LogP contribution in [0.4, 0.5) is 4.39 Å². The minimum absolute atomic E-state index is 0.147. The summed E-state index contributed by atoms with van der Waals surface area (Å²) in [6.45, 7) is 2.91. The second-order valence-corrected chi connectivity index (χ2v) is 9.34. The Bertz CT molecular complexity index is 684. The maximum absolute atomic E-state index is 14.0. The van der Waals surface area contributed by atoms with Gasteiger partial charge >= 0.3 is 0 Å². The van der Waals surface area contributed by atoms with Crippen molar-refractivity contribution in [2.24, 2.45) is 5.92 Å². The topological polar surface area (TPSA) is 49.4 Å². The molecule has 4 nitrogen and oxygen atoms in total. The van der Waals surface area contributed by atoms with Crippen LogP contribution in [-0.2, 0) is 10.0 Å². The average Bonchev–Trinajstić information content (AvgIpc) is 2.59. The molecule has 0 spiro atoms. The van der Waals surface area contributed by atoms with Gasteiger partial charge in [0, 0.05) is 12.6 Å². The fourth-order valence-corrected chi connectivity index (χ4v) is 5.58. The van der Waals surface area contributed by atoms with E-state index < -0.39 is 15.8 Å². The van der Waals surface area contributed by atoms with Crippen molar-refractivity contribution in [2.45, 2.75) is 55.9 Å². The minimum Gasteiger partial charge on any atom is -0.303 e. The number of hydrogen-bond donors (Lipinski definition) is 1. The van der Waals surface area contributed by atoms with Gasteiger partial charge in [-0.1, -0.05) is 36.9 Å². The summed E-state index contributed by atoms with van der Waals surface area (Å²) in [5, 5.41) is -0.176. The molecule has 1 aromatic rings. The predicted octanol–water partition coefficient (Wildman–Crippen LogP) is 3.80. The number of halogens is 2. The highest BCUT2D eigenvalue weighted by atomic mass is 35.5. The lowest BCUT2D eigenvalue weighted by atomic mass is 9.88. The SMILES string of the molecule is O=S(=O)(NC1CCN(CC2CCCCC2)CC1)c1cccc(Cl)c1F. The van der Waals surface area contributed by atoms with Gasteiger partial charge in [0.25, 0.3) is 0 Å². The molecule has 1 saturated carbocycles. The molecule has 0 unspecified atom stereocenters. The molecule has 3 rings (SSSR count). The molecule has 1 saturated heterocycles. The Kier molecular flexibility index (Phi) is 6.36. The standard InChI is InChI=1S/C18H26ClFN2O2S/c19-16-7-4-8-17(18(16)20)25(23,24)21-15-9-11-22(12-10-15)13-14-5-2-1-3-6-14/h4,7-8,14-15,21H,1-3,5-6,9-13H2. The van der Waals surface area contributed by atoms with E-state index in [2.05, 4.69) is 9.62 Å². The molecule has 2 fully saturated rings. The first-order chi connectivity index (χ1) is 12.0. The van der Waals surface area contributed by atoms with Gasteiger partial charge in [-0.05, 0) is 56.8 Å². The van der Waals surface area contributed by atoms with Gasteiger partial charge in [0.15, 0.2) is 5.82 Å². The molecule has 0 amide bonds. The molecule has 0 radical (unpaired) electrons. The first-order valence-corrected chi connectivity index (χ1v) is 11.0. The Labute approximate surface area is 154 Å². The summed E-state index contributed by atoms with van der Waals surface area (Å²) >= 11 is 5.70. The Balaban J connectivity index is 1.53. The van der Waals surface area contributed by atoms with E-state index in [1.165, 1.54) is 50.3 Å². The number of rotatable bonds is 5. The summed E-state index contributed by atoms with van der Waals surface area (Å²) in [5.41, 5.74) is 0. The van der Waals surface area contributed by atoms with E-state index >= 15 is 0 Å². The van der Waals surface area contributed by atoms with Crippen molar-refractivity contribution in [3.05, 3.63) is 29.0 Å². The van der Waals surface area contributed by atoms with E-state index in [0.29, 0.717) is 0 Å². The fourth-order valence-electron chi connectivity index (χ4n) is 3.94. The number of piperidine rings is 1.